The first kappa shape index (κ1) is 17.1. The number of rotatable bonds is 6. The highest BCUT2D eigenvalue weighted by Gasteiger charge is 2.11. The molecule has 1 aromatic heterocycles. The van der Waals surface area contributed by atoms with Crippen molar-refractivity contribution in [3.8, 4) is 5.75 Å². The second kappa shape index (κ2) is 7.43. The highest BCUT2D eigenvalue weighted by Crippen LogP contribution is 2.25. The van der Waals surface area contributed by atoms with Gasteiger partial charge >= 0.3 is 0 Å². The number of aryl methyl sites for hydroxylation is 2. The molecule has 0 fully saturated rings. The number of methoxy groups -OCH3 is 1. The van der Waals surface area contributed by atoms with Crippen LogP contribution in [-0.2, 0) is 17.6 Å². The minimum Gasteiger partial charge on any atom is -0.497 e. The Labute approximate surface area is 147 Å². The van der Waals surface area contributed by atoms with Gasteiger partial charge in [0.25, 0.3) is 0 Å². The summed E-state index contributed by atoms with van der Waals surface area (Å²) in [4.78, 5) is 12.2. The second-order valence-electron chi connectivity index (χ2n) is 6.32. The van der Waals surface area contributed by atoms with Gasteiger partial charge in [-0.15, -0.1) is 0 Å². The van der Waals surface area contributed by atoms with Crippen LogP contribution in [0.15, 0.2) is 47.1 Å². The molecule has 4 nitrogen and oxygen atoms in total. The number of fused-ring (bicyclic) bond motifs is 1. The van der Waals surface area contributed by atoms with Crippen molar-refractivity contribution >= 4 is 16.9 Å². The molecule has 1 N–H and O–H groups in total. The molecule has 0 saturated carbocycles. The lowest BCUT2D eigenvalue weighted by Gasteiger charge is -2.06. The van der Waals surface area contributed by atoms with E-state index >= 15 is 0 Å². The van der Waals surface area contributed by atoms with E-state index in [9.17, 15) is 4.79 Å². The van der Waals surface area contributed by atoms with Crippen LogP contribution < -0.4 is 10.1 Å². The van der Waals surface area contributed by atoms with Gasteiger partial charge in [0.05, 0.1) is 19.8 Å². The van der Waals surface area contributed by atoms with E-state index in [0.717, 1.165) is 28.7 Å². The molecule has 0 atom stereocenters. The average molecular weight is 337 g/mol. The lowest BCUT2D eigenvalue weighted by Crippen LogP contribution is -2.27. The summed E-state index contributed by atoms with van der Waals surface area (Å²) < 4.78 is 10.7. The van der Waals surface area contributed by atoms with Crippen molar-refractivity contribution in [1.82, 2.24) is 5.32 Å². The number of carbonyl (C=O) groups is 1. The van der Waals surface area contributed by atoms with Crippen molar-refractivity contribution < 1.29 is 13.9 Å². The highest BCUT2D eigenvalue weighted by molar-refractivity contribution is 5.88. The molecule has 1 amide bonds. The smallest absolute Gasteiger partial charge is 0.224 e. The molecule has 0 saturated heterocycles. The van der Waals surface area contributed by atoms with Crippen molar-refractivity contribution in [2.45, 2.75) is 26.7 Å². The Morgan fingerprint density at radius 3 is 2.56 bits per heavy atom. The first-order valence-electron chi connectivity index (χ1n) is 8.44. The van der Waals surface area contributed by atoms with E-state index in [1.165, 1.54) is 16.7 Å². The normalized spacial score (nSPS) is 10.8. The second-order valence-corrected chi connectivity index (χ2v) is 6.32. The molecule has 25 heavy (non-hydrogen) atoms. The Balaban J connectivity index is 1.56. The molecule has 0 radical (unpaired) electrons. The molecule has 2 aromatic carbocycles. The molecule has 0 aliphatic carbocycles. The summed E-state index contributed by atoms with van der Waals surface area (Å²) in [7, 11) is 1.65. The topological polar surface area (TPSA) is 51.5 Å². The zero-order valence-corrected chi connectivity index (χ0v) is 14.9. The Morgan fingerprint density at radius 1 is 1.12 bits per heavy atom. The van der Waals surface area contributed by atoms with E-state index in [4.69, 9.17) is 9.15 Å². The van der Waals surface area contributed by atoms with Crippen molar-refractivity contribution in [2.24, 2.45) is 0 Å². The van der Waals surface area contributed by atoms with Crippen LogP contribution in [0.1, 0.15) is 22.3 Å². The first-order valence-corrected chi connectivity index (χ1v) is 8.44. The zero-order chi connectivity index (χ0) is 17.8. The van der Waals surface area contributed by atoms with Crippen LogP contribution in [-0.4, -0.2) is 19.6 Å². The van der Waals surface area contributed by atoms with E-state index in [-0.39, 0.29) is 5.91 Å². The summed E-state index contributed by atoms with van der Waals surface area (Å²) in [6, 6.07) is 12.0. The van der Waals surface area contributed by atoms with E-state index in [0.29, 0.717) is 13.0 Å². The quantitative estimate of drug-likeness (QED) is 0.741. The fraction of sp³-hybridized carbons (Fsp3) is 0.286. The summed E-state index contributed by atoms with van der Waals surface area (Å²) in [5, 5.41) is 4.00. The number of ether oxygens (including phenoxy) is 1. The molecular formula is C21H23NO3. The van der Waals surface area contributed by atoms with Gasteiger partial charge in [0.1, 0.15) is 11.3 Å². The van der Waals surface area contributed by atoms with E-state index in [1.807, 2.05) is 30.3 Å². The zero-order valence-electron chi connectivity index (χ0n) is 14.9. The van der Waals surface area contributed by atoms with Crippen molar-refractivity contribution in [2.75, 3.05) is 13.7 Å². The van der Waals surface area contributed by atoms with Gasteiger partial charge in [-0.25, -0.2) is 0 Å². The predicted octanol–water partition coefficient (Wildman–Crippen LogP) is 3.96. The summed E-state index contributed by atoms with van der Waals surface area (Å²) >= 11 is 0. The lowest BCUT2D eigenvalue weighted by atomic mass is 10.0. The average Bonchev–Trinajstić information content (AvgIpc) is 2.97. The molecule has 0 unspecified atom stereocenters. The van der Waals surface area contributed by atoms with Gasteiger partial charge in [0, 0.05) is 17.5 Å². The third-order valence-corrected chi connectivity index (χ3v) is 4.52. The number of nitrogens with one attached hydrogen (secondary N) is 1. The van der Waals surface area contributed by atoms with Gasteiger partial charge in [-0.2, -0.15) is 0 Å². The standard InChI is InChI=1S/C21H23NO3/c1-14-10-19-17(13-25-20(19)11-15(14)2)12-21(23)22-9-8-16-4-6-18(24-3)7-5-16/h4-7,10-11,13H,8-9,12H2,1-3H3,(H,22,23). The fourth-order valence-electron chi connectivity index (χ4n) is 2.85. The minimum atomic E-state index is 0.00874. The van der Waals surface area contributed by atoms with Gasteiger partial charge in [0.2, 0.25) is 5.91 Å². The van der Waals surface area contributed by atoms with Gasteiger partial charge in [-0.3, -0.25) is 4.79 Å². The van der Waals surface area contributed by atoms with Crippen LogP contribution >= 0.6 is 0 Å². The van der Waals surface area contributed by atoms with E-state index in [1.54, 1.807) is 13.4 Å². The van der Waals surface area contributed by atoms with Crippen LogP contribution in [0.4, 0.5) is 0 Å². The molecular weight excluding hydrogens is 314 g/mol. The molecule has 0 aliphatic rings. The monoisotopic (exact) mass is 337 g/mol. The van der Waals surface area contributed by atoms with Crippen LogP contribution in [0.2, 0.25) is 0 Å². The first-order chi connectivity index (χ1) is 12.1. The Morgan fingerprint density at radius 2 is 1.84 bits per heavy atom. The van der Waals surface area contributed by atoms with Crippen LogP contribution in [0, 0.1) is 13.8 Å². The van der Waals surface area contributed by atoms with Crippen LogP contribution in [0.25, 0.3) is 11.0 Å². The number of carbonyl (C=O) groups excluding carboxylic acids is 1. The third-order valence-electron chi connectivity index (χ3n) is 4.52. The van der Waals surface area contributed by atoms with Crippen molar-refractivity contribution in [3.63, 3.8) is 0 Å². The number of benzene rings is 2. The summed E-state index contributed by atoms with van der Waals surface area (Å²) in [6.45, 7) is 4.74. The number of hydrogen-bond donors (Lipinski definition) is 1. The molecule has 0 bridgehead atoms. The maximum atomic E-state index is 12.2. The molecule has 4 heteroatoms. The maximum absolute atomic E-state index is 12.2. The summed E-state index contributed by atoms with van der Waals surface area (Å²) in [6.07, 6.45) is 2.81. The minimum absolute atomic E-state index is 0.00874. The SMILES string of the molecule is COc1ccc(CCNC(=O)Cc2coc3cc(C)c(C)cc23)cc1. The molecule has 130 valence electrons. The molecule has 0 spiro atoms. The van der Waals surface area contributed by atoms with Gasteiger partial charge in [-0.05, 0) is 61.2 Å². The van der Waals surface area contributed by atoms with Gasteiger partial charge in [-0.1, -0.05) is 12.1 Å². The molecule has 3 aromatic rings. The highest BCUT2D eigenvalue weighted by atomic mass is 16.5. The Hall–Kier alpha value is -2.75. The third kappa shape index (κ3) is 4.02. The Bertz CT molecular complexity index is 878. The number of amides is 1. The van der Waals surface area contributed by atoms with E-state index < -0.39 is 0 Å². The summed E-state index contributed by atoms with van der Waals surface area (Å²) in [5.41, 5.74) is 5.33. The fourth-order valence-corrected chi connectivity index (χ4v) is 2.85. The molecule has 3 rings (SSSR count). The summed E-state index contributed by atoms with van der Waals surface area (Å²) in [5.74, 6) is 0.847. The van der Waals surface area contributed by atoms with Crippen molar-refractivity contribution in [1.29, 1.82) is 0 Å². The van der Waals surface area contributed by atoms with Crippen molar-refractivity contribution in [3.05, 3.63) is 64.9 Å². The number of hydrogen-bond acceptors (Lipinski definition) is 3. The Kier molecular flexibility index (Phi) is 5.08. The van der Waals surface area contributed by atoms with Crippen LogP contribution in [0.5, 0.6) is 5.75 Å². The largest absolute Gasteiger partial charge is 0.497 e. The van der Waals surface area contributed by atoms with Gasteiger partial charge in [0.15, 0.2) is 0 Å². The predicted molar refractivity (Wildman–Crippen MR) is 99.1 cm³/mol. The van der Waals surface area contributed by atoms with Crippen LogP contribution in [0.3, 0.4) is 0 Å². The molecule has 0 aliphatic heterocycles. The van der Waals surface area contributed by atoms with Gasteiger partial charge < -0.3 is 14.5 Å². The lowest BCUT2D eigenvalue weighted by molar-refractivity contribution is -0.120. The van der Waals surface area contributed by atoms with E-state index in [2.05, 4.69) is 25.2 Å². The molecule has 1 heterocycles. The number of furan rings is 1. The maximum Gasteiger partial charge on any atom is 0.224 e.